The van der Waals surface area contributed by atoms with Crippen molar-refractivity contribution in [3.05, 3.63) is 28.8 Å². The molecule has 0 radical (unpaired) electrons. The molecule has 0 atom stereocenters. The molecular formula is C16H23ClN2O3. The van der Waals surface area contributed by atoms with Gasteiger partial charge in [0.25, 0.3) is 0 Å². The molecule has 22 heavy (non-hydrogen) atoms. The van der Waals surface area contributed by atoms with Gasteiger partial charge in [-0.25, -0.2) is 0 Å². The van der Waals surface area contributed by atoms with Crippen LogP contribution in [0.3, 0.4) is 0 Å². The first-order valence-electron chi connectivity index (χ1n) is 7.42. The fourth-order valence-corrected chi connectivity index (χ4v) is 3.11. The van der Waals surface area contributed by atoms with E-state index in [1.807, 2.05) is 12.1 Å². The second-order valence-corrected chi connectivity index (χ2v) is 5.97. The van der Waals surface area contributed by atoms with Gasteiger partial charge in [-0.3, -0.25) is 4.79 Å². The van der Waals surface area contributed by atoms with Gasteiger partial charge in [0.2, 0.25) is 5.91 Å². The lowest BCUT2D eigenvalue weighted by Crippen LogP contribution is -2.50. The average Bonchev–Trinajstić information content (AvgIpc) is 2.54. The summed E-state index contributed by atoms with van der Waals surface area (Å²) in [7, 11) is 3.23. The van der Waals surface area contributed by atoms with Crippen molar-refractivity contribution in [2.24, 2.45) is 5.41 Å². The Balaban J connectivity index is 2.08. The lowest BCUT2D eigenvalue weighted by Gasteiger charge is -2.35. The van der Waals surface area contributed by atoms with Gasteiger partial charge in [-0.15, -0.1) is 0 Å². The van der Waals surface area contributed by atoms with E-state index in [2.05, 4.69) is 10.6 Å². The number of piperidine rings is 1. The minimum Gasteiger partial charge on any atom is -0.496 e. The van der Waals surface area contributed by atoms with E-state index in [0.29, 0.717) is 23.9 Å². The van der Waals surface area contributed by atoms with E-state index in [1.54, 1.807) is 20.3 Å². The highest BCUT2D eigenvalue weighted by atomic mass is 35.5. The van der Waals surface area contributed by atoms with Crippen molar-refractivity contribution >= 4 is 17.5 Å². The Kier molecular flexibility index (Phi) is 6.06. The van der Waals surface area contributed by atoms with Gasteiger partial charge in [-0.1, -0.05) is 17.7 Å². The summed E-state index contributed by atoms with van der Waals surface area (Å²) in [6.45, 7) is 2.43. The predicted octanol–water partition coefficient (Wildman–Crippen LogP) is 1.98. The summed E-state index contributed by atoms with van der Waals surface area (Å²) < 4.78 is 10.6. The van der Waals surface area contributed by atoms with Gasteiger partial charge >= 0.3 is 0 Å². The molecule has 5 nitrogen and oxygen atoms in total. The zero-order valence-corrected chi connectivity index (χ0v) is 13.8. The van der Waals surface area contributed by atoms with Crippen molar-refractivity contribution in [1.29, 1.82) is 0 Å². The zero-order chi connectivity index (χ0) is 16.0. The Morgan fingerprint density at radius 1 is 1.36 bits per heavy atom. The Labute approximate surface area is 136 Å². The number of hydrogen-bond acceptors (Lipinski definition) is 4. The maximum absolute atomic E-state index is 12.7. The van der Waals surface area contributed by atoms with Crippen LogP contribution in [-0.2, 0) is 16.1 Å². The van der Waals surface area contributed by atoms with Crippen LogP contribution in [-0.4, -0.2) is 39.8 Å². The molecule has 1 fully saturated rings. The highest BCUT2D eigenvalue weighted by Crippen LogP contribution is 2.31. The molecule has 1 aromatic rings. The molecule has 2 N–H and O–H groups in total. The number of nitrogens with one attached hydrogen (secondary N) is 2. The molecule has 0 aromatic heterocycles. The van der Waals surface area contributed by atoms with Crippen LogP contribution >= 0.6 is 11.6 Å². The minimum atomic E-state index is -0.464. The van der Waals surface area contributed by atoms with Gasteiger partial charge in [-0.05, 0) is 38.1 Å². The molecule has 1 saturated heterocycles. The molecule has 0 spiro atoms. The molecule has 1 aliphatic heterocycles. The first-order chi connectivity index (χ1) is 10.6. The van der Waals surface area contributed by atoms with Gasteiger partial charge in [-0.2, -0.15) is 0 Å². The monoisotopic (exact) mass is 326 g/mol. The smallest absolute Gasteiger partial charge is 0.228 e. The van der Waals surface area contributed by atoms with Crippen LogP contribution < -0.4 is 15.4 Å². The van der Waals surface area contributed by atoms with Gasteiger partial charge in [0.05, 0.1) is 19.1 Å². The number of rotatable bonds is 6. The summed E-state index contributed by atoms with van der Waals surface area (Å²) in [5.74, 6) is 0.691. The molecule has 0 unspecified atom stereocenters. The van der Waals surface area contributed by atoms with Gasteiger partial charge < -0.3 is 20.1 Å². The van der Waals surface area contributed by atoms with Crippen LogP contribution in [0.15, 0.2) is 18.2 Å². The molecule has 122 valence electrons. The zero-order valence-electron chi connectivity index (χ0n) is 13.1. The summed E-state index contributed by atoms with van der Waals surface area (Å²) >= 11 is 6.21. The molecule has 2 rings (SSSR count). The van der Waals surface area contributed by atoms with Crippen molar-refractivity contribution in [3.63, 3.8) is 0 Å². The summed E-state index contributed by atoms with van der Waals surface area (Å²) in [6.07, 6.45) is 1.54. The first-order valence-corrected chi connectivity index (χ1v) is 7.80. The van der Waals surface area contributed by atoms with Crippen LogP contribution in [0.2, 0.25) is 5.02 Å². The Bertz CT molecular complexity index is 511. The normalized spacial score (nSPS) is 17.0. The van der Waals surface area contributed by atoms with Crippen molar-refractivity contribution in [2.75, 3.05) is 33.9 Å². The third kappa shape index (κ3) is 3.72. The lowest BCUT2D eigenvalue weighted by atomic mass is 9.78. The predicted molar refractivity (Wildman–Crippen MR) is 86.3 cm³/mol. The van der Waals surface area contributed by atoms with Crippen LogP contribution in [0, 0.1) is 5.41 Å². The van der Waals surface area contributed by atoms with Crippen LogP contribution in [0.25, 0.3) is 0 Å². The second kappa shape index (κ2) is 7.81. The minimum absolute atomic E-state index is 0.0119. The standard InChI is InChI=1S/C16H23ClN2O3/c1-21-11-16(6-8-18-9-7-16)15(20)19-10-12-13(17)4-3-5-14(12)22-2/h3-5,18H,6-11H2,1-2H3,(H,19,20). The van der Waals surface area contributed by atoms with Crippen molar-refractivity contribution in [2.45, 2.75) is 19.4 Å². The fourth-order valence-electron chi connectivity index (χ4n) is 2.88. The SMILES string of the molecule is COCC1(C(=O)NCc2c(Cl)cccc2OC)CCNCC1. The molecule has 1 aliphatic rings. The van der Waals surface area contributed by atoms with Gasteiger partial charge in [0, 0.05) is 24.2 Å². The highest BCUT2D eigenvalue weighted by Gasteiger charge is 2.39. The quantitative estimate of drug-likeness (QED) is 0.839. The summed E-state index contributed by atoms with van der Waals surface area (Å²) in [4.78, 5) is 12.7. The van der Waals surface area contributed by atoms with Crippen molar-refractivity contribution in [3.8, 4) is 5.75 Å². The summed E-state index contributed by atoms with van der Waals surface area (Å²) in [5, 5.41) is 6.86. The second-order valence-electron chi connectivity index (χ2n) is 5.57. The van der Waals surface area contributed by atoms with Crippen molar-refractivity contribution < 1.29 is 14.3 Å². The number of ether oxygens (including phenoxy) is 2. The van der Waals surface area contributed by atoms with E-state index in [9.17, 15) is 4.79 Å². The Hall–Kier alpha value is -1.30. The third-order valence-electron chi connectivity index (χ3n) is 4.18. The Morgan fingerprint density at radius 2 is 2.09 bits per heavy atom. The molecule has 0 aliphatic carbocycles. The summed E-state index contributed by atoms with van der Waals surface area (Å²) in [6, 6.07) is 5.45. The van der Waals surface area contributed by atoms with E-state index in [0.717, 1.165) is 31.5 Å². The van der Waals surface area contributed by atoms with E-state index in [-0.39, 0.29) is 5.91 Å². The van der Waals surface area contributed by atoms with E-state index in [1.165, 1.54) is 0 Å². The summed E-state index contributed by atoms with van der Waals surface area (Å²) in [5.41, 5.74) is 0.329. The largest absolute Gasteiger partial charge is 0.496 e. The topological polar surface area (TPSA) is 59.6 Å². The lowest BCUT2D eigenvalue weighted by molar-refractivity contribution is -0.136. The van der Waals surface area contributed by atoms with Gasteiger partial charge in [0.1, 0.15) is 5.75 Å². The van der Waals surface area contributed by atoms with Crippen LogP contribution in [0.1, 0.15) is 18.4 Å². The third-order valence-corrected chi connectivity index (χ3v) is 4.54. The maximum Gasteiger partial charge on any atom is 0.228 e. The first kappa shape index (κ1) is 17.1. The van der Waals surface area contributed by atoms with Crippen molar-refractivity contribution in [1.82, 2.24) is 10.6 Å². The number of hydrogen-bond donors (Lipinski definition) is 2. The molecule has 1 amide bonds. The van der Waals surface area contributed by atoms with E-state index < -0.39 is 5.41 Å². The number of carbonyl (C=O) groups is 1. The molecule has 0 saturated carbocycles. The van der Waals surface area contributed by atoms with E-state index >= 15 is 0 Å². The molecule has 6 heteroatoms. The molecule has 1 aromatic carbocycles. The number of amides is 1. The Morgan fingerprint density at radius 3 is 2.73 bits per heavy atom. The number of benzene rings is 1. The number of carbonyl (C=O) groups excluding carboxylic acids is 1. The van der Waals surface area contributed by atoms with Crippen LogP contribution in [0.5, 0.6) is 5.75 Å². The van der Waals surface area contributed by atoms with E-state index in [4.69, 9.17) is 21.1 Å². The molecule has 0 bridgehead atoms. The van der Waals surface area contributed by atoms with Gasteiger partial charge in [0.15, 0.2) is 0 Å². The fraction of sp³-hybridized carbons (Fsp3) is 0.562. The average molecular weight is 327 g/mol. The highest BCUT2D eigenvalue weighted by molar-refractivity contribution is 6.31. The molecule has 1 heterocycles. The van der Waals surface area contributed by atoms with Crippen LogP contribution in [0.4, 0.5) is 0 Å². The maximum atomic E-state index is 12.7. The molecular weight excluding hydrogens is 304 g/mol. The number of halogens is 1. The number of methoxy groups -OCH3 is 2.